The smallest absolute Gasteiger partial charge is 0.193 e. The summed E-state index contributed by atoms with van der Waals surface area (Å²) in [6.07, 6.45) is 2.57. The van der Waals surface area contributed by atoms with Crippen LogP contribution in [0.4, 0.5) is 5.69 Å². The largest absolute Gasteiger partial charge is 0.368 e. The van der Waals surface area contributed by atoms with E-state index in [1.54, 1.807) is 0 Å². The van der Waals surface area contributed by atoms with Gasteiger partial charge in [-0.2, -0.15) is 0 Å². The summed E-state index contributed by atoms with van der Waals surface area (Å²) >= 11 is 0. The topological polar surface area (TPSA) is 34.1 Å². The van der Waals surface area contributed by atoms with Gasteiger partial charge in [-0.15, -0.1) is 24.0 Å². The highest BCUT2D eigenvalue weighted by Gasteiger charge is 2.24. The van der Waals surface area contributed by atoms with Crippen LogP contribution in [0.1, 0.15) is 19.8 Å². The normalized spacial score (nSPS) is 21.6. The summed E-state index contributed by atoms with van der Waals surface area (Å²) in [5.41, 5.74) is 1.33. The summed E-state index contributed by atoms with van der Waals surface area (Å²) in [6, 6.07) is 10.7. The fourth-order valence-corrected chi connectivity index (χ4v) is 3.98. The van der Waals surface area contributed by atoms with Crippen LogP contribution in [0.15, 0.2) is 35.3 Å². The summed E-state index contributed by atoms with van der Waals surface area (Å²) in [4.78, 5) is 12.0. The molecule has 1 unspecified atom stereocenters. The van der Waals surface area contributed by atoms with Crippen molar-refractivity contribution in [3.05, 3.63) is 30.3 Å². The molecule has 0 bridgehead atoms. The van der Waals surface area contributed by atoms with Crippen LogP contribution in [0.3, 0.4) is 0 Å². The molecule has 2 aliphatic heterocycles. The number of hydrogen-bond acceptors (Lipinski definition) is 3. The Hall–Kier alpha value is -1.02. The molecule has 6 heteroatoms. The van der Waals surface area contributed by atoms with Crippen molar-refractivity contribution in [1.29, 1.82) is 0 Å². The number of nitrogens with one attached hydrogen (secondary N) is 1. The zero-order valence-corrected chi connectivity index (χ0v) is 18.6. The van der Waals surface area contributed by atoms with Gasteiger partial charge in [-0.05, 0) is 44.0 Å². The van der Waals surface area contributed by atoms with Crippen LogP contribution in [0.2, 0.25) is 0 Å². The van der Waals surface area contributed by atoms with Crippen molar-refractivity contribution >= 4 is 35.6 Å². The fourth-order valence-electron chi connectivity index (χ4n) is 3.98. The molecule has 0 aromatic heterocycles. The molecule has 3 rings (SSSR count). The third-order valence-electron chi connectivity index (χ3n) is 5.37. The highest BCUT2D eigenvalue weighted by molar-refractivity contribution is 14.0. The van der Waals surface area contributed by atoms with Crippen molar-refractivity contribution in [2.75, 3.05) is 64.3 Å². The van der Waals surface area contributed by atoms with Crippen LogP contribution in [-0.4, -0.2) is 75.2 Å². The molecule has 0 radical (unpaired) electrons. The molecule has 2 saturated heterocycles. The number of rotatable bonds is 5. The molecule has 1 aromatic carbocycles. The minimum atomic E-state index is 0. The fraction of sp³-hybridized carbons (Fsp3) is 0.650. The zero-order chi connectivity index (χ0) is 17.5. The maximum Gasteiger partial charge on any atom is 0.193 e. The average molecular weight is 471 g/mol. The van der Waals surface area contributed by atoms with Crippen molar-refractivity contribution in [2.24, 2.45) is 10.9 Å². The number of para-hydroxylation sites is 1. The maximum atomic E-state index is 4.53. The van der Waals surface area contributed by atoms with E-state index >= 15 is 0 Å². The number of aliphatic imine (C=N–C) groups is 1. The minimum Gasteiger partial charge on any atom is -0.368 e. The van der Waals surface area contributed by atoms with Gasteiger partial charge in [0, 0.05) is 52.0 Å². The molecule has 5 nitrogen and oxygen atoms in total. The predicted molar refractivity (Wildman–Crippen MR) is 122 cm³/mol. The summed E-state index contributed by atoms with van der Waals surface area (Å²) in [5, 5.41) is 3.63. The van der Waals surface area contributed by atoms with Crippen LogP contribution in [0.25, 0.3) is 0 Å². The van der Waals surface area contributed by atoms with Gasteiger partial charge in [0.2, 0.25) is 0 Å². The van der Waals surface area contributed by atoms with Crippen molar-refractivity contribution in [2.45, 2.75) is 19.8 Å². The highest BCUT2D eigenvalue weighted by atomic mass is 127. The minimum absolute atomic E-state index is 0. The van der Waals surface area contributed by atoms with Gasteiger partial charge >= 0.3 is 0 Å². The van der Waals surface area contributed by atoms with Crippen LogP contribution in [0.5, 0.6) is 0 Å². The van der Waals surface area contributed by atoms with Gasteiger partial charge in [0.1, 0.15) is 0 Å². The SMILES string of the molecule is CCCN1CCC(CNC(=NC)N2CCN(c3ccccc3)CC2)C1.I. The van der Waals surface area contributed by atoms with E-state index in [1.807, 2.05) is 7.05 Å². The lowest BCUT2D eigenvalue weighted by atomic mass is 10.1. The Bertz CT molecular complexity index is 542. The number of anilines is 1. The van der Waals surface area contributed by atoms with Gasteiger partial charge in [-0.25, -0.2) is 0 Å². The van der Waals surface area contributed by atoms with Crippen molar-refractivity contribution in [3.8, 4) is 0 Å². The second-order valence-electron chi connectivity index (χ2n) is 7.19. The van der Waals surface area contributed by atoms with E-state index < -0.39 is 0 Å². The molecule has 0 saturated carbocycles. The van der Waals surface area contributed by atoms with E-state index in [2.05, 4.69) is 62.3 Å². The first-order chi connectivity index (χ1) is 12.3. The van der Waals surface area contributed by atoms with Gasteiger partial charge in [-0.3, -0.25) is 4.99 Å². The molecular formula is C20H34IN5. The number of nitrogens with zero attached hydrogens (tertiary/aromatic N) is 4. The molecule has 0 amide bonds. The van der Waals surface area contributed by atoms with Gasteiger partial charge < -0.3 is 20.0 Å². The van der Waals surface area contributed by atoms with E-state index in [0.29, 0.717) is 0 Å². The molecule has 2 heterocycles. The second-order valence-corrected chi connectivity index (χ2v) is 7.19. The Kier molecular flexibility index (Phi) is 8.98. The third-order valence-corrected chi connectivity index (χ3v) is 5.37. The van der Waals surface area contributed by atoms with Crippen molar-refractivity contribution < 1.29 is 0 Å². The molecule has 1 atom stereocenters. The number of hydrogen-bond donors (Lipinski definition) is 1. The van der Waals surface area contributed by atoms with Gasteiger partial charge in [0.25, 0.3) is 0 Å². The first-order valence-corrected chi connectivity index (χ1v) is 9.78. The highest BCUT2D eigenvalue weighted by Crippen LogP contribution is 2.17. The lowest BCUT2D eigenvalue weighted by Crippen LogP contribution is -2.53. The lowest BCUT2D eigenvalue weighted by Gasteiger charge is -2.38. The maximum absolute atomic E-state index is 4.53. The Morgan fingerprint density at radius 2 is 1.85 bits per heavy atom. The Labute approximate surface area is 175 Å². The summed E-state index contributed by atoms with van der Waals surface area (Å²) in [6.45, 7) is 11.2. The van der Waals surface area contributed by atoms with Crippen LogP contribution < -0.4 is 10.2 Å². The zero-order valence-electron chi connectivity index (χ0n) is 16.2. The second kappa shape index (κ2) is 11.0. The number of halogens is 1. The molecular weight excluding hydrogens is 437 g/mol. The molecule has 2 aliphatic rings. The molecule has 146 valence electrons. The standard InChI is InChI=1S/C20H33N5.HI/c1-3-10-23-11-9-18(17-23)16-22-20(21-2)25-14-12-24(13-15-25)19-7-5-4-6-8-19;/h4-8,18H,3,9-17H2,1-2H3,(H,21,22);1H. The lowest BCUT2D eigenvalue weighted by molar-refractivity contribution is 0.322. The van der Waals surface area contributed by atoms with Crippen LogP contribution >= 0.6 is 24.0 Å². The summed E-state index contributed by atoms with van der Waals surface area (Å²) in [5.74, 6) is 1.83. The first-order valence-electron chi connectivity index (χ1n) is 9.78. The van der Waals surface area contributed by atoms with E-state index in [-0.39, 0.29) is 24.0 Å². The molecule has 26 heavy (non-hydrogen) atoms. The quantitative estimate of drug-likeness (QED) is 0.407. The van der Waals surface area contributed by atoms with Crippen molar-refractivity contribution in [1.82, 2.24) is 15.1 Å². The van der Waals surface area contributed by atoms with E-state index in [0.717, 1.165) is 44.6 Å². The molecule has 1 N–H and O–H groups in total. The molecule has 0 spiro atoms. The number of likely N-dealkylation sites (tertiary alicyclic amines) is 1. The summed E-state index contributed by atoms with van der Waals surface area (Å²) < 4.78 is 0. The molecule has 2 fully saturated rings. The average Bonchev–Trinajstić information content (AvgIpc) is 3.11. The van der Waals surface area contributed by atoms with Crippen LogP contribution in [-0.2, 0) is 0 Å². The Balaban J connectivity index is 0.00000243. The van der Waals surface area contributed by atoms with E-state index in [9.17, 15) is 0 Å². The van der Waals surface area contributed by atoms with Crippen molar-refractivity contribution in [3.63, 3.8) is 0 Å². The summed E-state index contributed by atoms with van der Waals surface area (Å²) in [7, 11) is 1.91. The number of benzene rings is 1. The van der Waals surface area contributed by atoms with Gasteiger partial charge in [-0.1, -0.05) is 25.1 Å². The molecule has 0 aliphatic carbocycles. The Morgan fingerprint density at radius 1 is 1.12 bits per heavy atom. The predicted octanol–water partition coefficient (Wildman–Crippen LogP) is 2.73. The van der Waals surface area contributed by atoms with E-state index in [1.165, 1.54) is 38.2 Å². The number of piperazine rings is 1. The van der Waals surface area contributed by atoms with Gasteiger partial charge in [0.15, 0.2) is 5.96 Å². The van der Waals surface area contributed by atoms with Gasteiger partial charge in [0.05, 0.1) is 0 Å². The third kappa shape index (κ3) is 5.74. The molecule has 1 aromatic rings. The van der Waals surface area contributed by atoms with E-state index in [4.69, 9.17) is 0 Å². The monoisotopic (exact) mass is 471 g/mol. The first kappa shape index (κ1) is 21.3. The Morgan fingerprint density at radius 3 is 2.50 bits per heavy atom. The number of guanidine groups is 1. The van der Waals surface area contributed by atoms with Crippen LogP contribution in [0, 0.1) is 5.92 Å².